The predicted octanol–water partition coefficient (Wildman–Crippen LogP) is 4.93. The molecule has 0 saturated carbocycles. The first kappa shape index (κ1) is 20.2. The fourth-order valence-electron chi connectivity index (χ4n) is 2.59. The first-order valence-electron chi connectivity index (χ1n) is 8.66. The lowest BCUT2D eigenvalue weighted by atomic mass is 10.1. The minimum absolute atomic E-state index is 0.264. The third kappa shape index (κ3) is 4.97. The van der Waals surface area contributed by atoms with E-state index in [-0.39, 0.29) is 18.5 Å². The highest BCUT2D eigenvalue weighted by atomic mass is 19.1. The lowest BCUT2D eigenvalue weighted by Crippen LogP contribution is -2.34. The van der Waals surface area contributed by atoms with Crippen molar-refractivity contribution >= 4 is 23.5 Å². The van der Waals surface area contributed by atoms with Gasteiger partial charge in [0, 0.05) is 24.0 Å². The lowest BCUT2D eigenvalue weighted by Gasteiger charge is -2.26. The molecule has 2 aromatic carbocycles. The number of nitrogens with zero attached hydrogens (tertiary/aromatic N) is 1. The van der Waals surface area contributed by atoms with Crippen molar-refractivity contribution < 1.29 is 18.7 Å². The molecule has 2 N–H and O–H groups in total. The van der Waals surface area contributed by atoms with Crippen LogP contribution in [0.2, 0.25) is 0 Å². The maximum Gasteiger partial charge on any atom is 0.411 e. The van der Waals surface area contributed by atoms with Crippen molar-refractivity contribution in [3.8, 4) is 0 Å². The molecule has 6 nitrogen and oxygen atoms in total. The molecule has 1 unspecified atom stereocenters. The summed E-state index contributed by atoms with van der Waals surface area (Å²) in [6.45, 7) is 5.51. The summed E-state index contributed by atoms with van der Waals surface area (Å²) in [4.78, 5) is 25.6. The Hall–Kier alpha value is -3.09. The zero-order valence-electron chi connectivity index (χ0n) is 15.9. The number of hydrogen-bond donors (Lipinski definition) is 2. The topological polar surface area (TPSA) is 70.7 Å². The van der Waals surface area contributed by atoms with E-state index in [0.717, 1.165) is 0 Å². The zero-order valence-corrected chi connectivity index (χ0v) is 15.9. The monoisotopic (exact) mass is 373 g/mol. The number of rotatable bonds is 5. The number of benzene rings is 2. The fraction of sp³-hybridized carbons (Fsp3) is 0.300. The highest BCUT2D eigenvalue weighted by Gasteiger charge is 2.20. The molecular formula is C20H24FN3O3. The number of amides is 3. The molecule has 0 aromatic heterocycles. The van der Waals surface area contributed by atoms with Crippen LogP contribution in [0.15, 0.2) is 42.5 Å². The Morgan fingerprint density at radius 2 is 1.74 bits per heavy atom. The zero-order chi connectivity index (χ0) is 20.0. The van der Waals surface area contributed by atoms with Gasteiger partial charge in [-0.25, -0.2) is 14.0 Å². The van der Waals surface area contributed by atoms with Crippen LogP contribution in [-0.4, -0.2) is 30.7 Å². The maximum absolute atomic E-state index is 14.0. The summed E-state index contributed by atoms with van der Waals surface area (Å²) in [5.41, 5.74) is 2.20. The van der Waals surface area contributed by atoms with E-state index >= 15 is 0 Å². The van der Waals surface area contributed by atoms with E-state index in [1.54, 1.807) is 64.2 Å². The number of hydrogen-bond acceptors (Lipinski definition) is 3. The number of nitrogens with one attached hydrogen (secondary N) is 2. The van der Waals surface area contributed by atoms with Crippen molar-refractivity contribution in [3.05, 3.63) is 59.4 Å². The second-order valence-electron chi connectivity index (χ2n) is 6.06. The number of carbonyl (C=O) groups excluding carboxylic acids is 2. The number of carbonyl (C=O) groups is 2. The fourth-order valence-corrected chi connectivity index (χ4v) is 2.59. The summed E-state index contributed by atoms with van der Waals surface area (Å²) >= 11 is 0. The minimum Gasteiger partial charge on any atom is -0.450 e. The van der Waals surface area contributed by atoms with Gasteiger partial charge in [0.05, 0.1) is 12.6 Å². The van der Waals surface area contributed by atoms with Gasteiger partial charge >= 0.3 is 12.1 Å². The first-order valence-corrected chi connectivity index (χ1v) is 8.66. The molecule has 2 rings (SSSR count). The Balaban J connectivity index is 2.13. The Morgan fingerprint density at radius 3 is 2.37 bits per heavy atom. The molecule has 0 aliphatic rings. The van der Waals surface area contributed by atoms with Crippen LogP contribution < -0.4 is 10.6 Å². The first-order chi connectivity index (χ1) is 12.8. The second-order valence-corrected chi connectivity index (χ2v) is 6.06. The molecule has 0 heterocycles. The third-order valence-electron chi connectivity index (χ3n) is 4.34. The summed E-state index contributed by atoms with van der Waals surface area (Å²) in [7, 11) is 1.60. The molecule has 144 valence electrons. The summed E-state index contributed by atoms with van der Waals surface area (Å²) in [6.07, 6.45) is -0.561. The van der Waals surface area contributed by atoms with E-state index in [1.807, 2.05) is 0 Å². The van der Waals surface area contributed by atoms with Gasteiger partial charge in [-0.1, -0.05) is 24.3 Å². The van der Waals surface area contributed by atoms with Crippen LogP contribution in [0.3, 0.4) is 0 Å². The van der Waals surface area contributed by atoms with E-state index < -0.39 is 12.1 Å². The van der Waals surface area contributed by atoms with Crippen LogP contribution >= 0.6 is 0 Å². The Kier molecular flexibility index (Phi) is 6.76. The van der Waals surface area contributed by atoms with Gasteiger partial charge in [-0.2, -0.15) is 0 Å². The molecule has 3 amide bonds. The van der Waals surface area contributed by atoms with Gasteiger partial charge in [0.1, 0.15) is 5.82 Å². The van der Waals surface area contributed by atoms with Crippen molar-refractivity contribution in [1.82, 2.24) is 4.90 Å². The van der Waals surface area contributed by atoms with Crippen LogP contribution in [0.1, 0.15) is 31.0 Å². The number of halogens is 1. The molecule has 1 atom stereocenters. The lowest BCUT2D eigenvalue weighted by molar-refractivity contribution is 0.168. The standard InChI is InChI=1S/C20H24FN3O3/c1-5-27-20(26)23-18-12-8-11-17(13(18)2)22-19(25)24(4)14(3)15-9-6-7-10-16(15)21/h6-12,14H,5H2,1-4H3,(H,22,25)(H,23,26). The molecule has 0 aliphatic carbocycles. The SMILES string of the molecule is CCOC(=O)Nc1cccc(NC(=O)N(C)C(C)c2ccccc2F)c1C. The van der Waals surface area contributed by atoms with Crippen LogP contribution in [0.5, 0.6) is 0 Å². The molecule has 2 aromatic rings. The normalized spacial score (nSPS) is 11.4. The van der Waals surface area contributed by atoms with E-state index in [0.29, 0.717) is 22.5 Å². The Bertz CT molecular complexity index is 826. The number of ether oxygens (including phenoxy) is 1. The predicted molar refractivity (Wildman–Crippen MR) is 103 cm³/mol. The van der Waals surface area contributed by atoms with Crippen molar-refractivity contribution in [1.29, 1.82) is 0 Å². The van der Waals surface area contributed by atoms with Gasteiger partial charge < -0.3 is 15.0 Å². The highest BCUT2D eigenvalue weighted by Crippen LogP contribution is 2.26. The van der Waals surface area contributed by atoms with Gasteiger partial charge in [-0.15, -0.1) is 0 Å². The Labute approximate surface area is 158 Å². The molecule has 0 spiro atoms. The molecule has 7 heteroatoms. The van der Waals surface area contributed by atoms with Crippen LogP contribution in [-0.2, 0) is 4.74 Å². The molecule has 0 radical (unpaired) electrons. The van der Waals surface area contributed by atoms with Gasteiger partial charge in [0.15, 0.2) is 0 Å². The molecule has 0 saturated heterocycles. The van der Waals surface area contributed by atoms with Gasteiger partial charge in [0.2, 0.25) is 0 Å². The van der Waals surface area contributed by atoms with Crippen LogP contribution in [0, 0.1) is 12.7 Å². The van der Waals surface area contributed by atoms with Crippen molar-refractivity contribution in [3.63, 3.8) is 0 Å². The highest BCUT2D eigenvalue weighted by molar-refractivity contribution is 5.93. The largest absolute Gasteiger partial charge is 0.450 e. The smallest absolute Gasteiger partial charge is 0.411 e. The summed E-state index contributed by atoms with van der Waals surface area (Å²) < 4.78 is 18.9. The Morgan fingerprint density at radius 1 is 1.11 bits per heavy atom. The van der Waals surface area contributed by atoms with Gasteiger partial charge in [-0.3, -0.25) is 5.32 Å². The maximum atomic E-state index is 14.0. The molecule has 0 bridgehead atoms. The van der Waals surface area contributed by atoms with Crippen LogP contribution in [0.25, 0.3) is 0 Å². The molecule has 0 fully saturated rings. The van der Waals surface area contributed by atoms with E-state index in [1.165, 1.54) is 11.0 Å². The third-order valence-corrected chi connectivity index (χ3v) is 4.34. The van der Waals surface area contributed by atoms with Crippen LogP contribution in [0.4, 0.5) is 25.4 Å². The van der Waals surface area contributed by atoms with Crippen molar-refractivity contribution in [2.45, 2.75) is 26.8 Å². The summed E-state index contributed by atoms with van der Waals surface area (Å²) in [5, 5.41) is 5.43. The summed E-state index contributed by atoms with van der Waals surface area (Å²) in [6, 6.07) is 10.7. The van der Waals surface area contributed by atoms with E-state index in [2.05, 4.69) is 10.6 Å². The average molecular weight is 373 g/mol. The molecule has 0 aliphatic heterocycles. The molecule has 27 heavy (non-hydrogen) atoms. The number of anilines is 2. The van der Waals surface area contributed by atoms with E-state index in [4.69, 9.17) is 4.74 Å². The average Bonchev–Trinajstić information content (AvgIpc) is 2.64. The quantitative estimate of drug-likeness (QED) is 0.781. The van der Waals surface area contributed by atoms with E-state index in [9.17, 15) is 14.0 Å². The summed E-state index contributed by atoms with van der Waals surface area (Å²) in [5.74, 6) is -0.360. The second kappa shape index (κ2) is 9.02. The van der Waals surface area contributed by atoms with Gasteiger partial charge in [0.25, 0.3) is 0 Å². The molecular weight excluding hydrogens is 349 g/mol. The van der Waals surface area contributed by atoms with Crippen molar-refractivity contribution in [2.24, 2.45) is 0 Å². The minimum atomic E-state index is -0.561. The number of urea groups is 1. The van der Waals surface area contributed by atoms with Crippen molar-refractivity contribution in [2.75, 3.05) is 24.3 Å². The van der Waals surface area contributed by atoms with Gasteiger partial charge in [-0.05, 0) is 44.5 Å².